The minimum Gasteiger partial charge on any atom is -0.389 e. The van der Waals surface area contributed by atoms with Crippen LogP contribution in [0.3, 0.4) is 0 Å². The van der Waals surface area contributed by atoms with Crippen LogP contribution in [0.2, 0.25) is 5.02 Å². The molecule has 8 heteroatoms. The normalized spacial score (nSPS) is 11.8. The van der Waals surface area contributed by atoms with Crippen molar-refractivity contribution in [2.45, 2.75) is 17.7 Å². The van der Waals surface area contributed by atoms with Gasteiger partial charge in [0.2, 0.25) is 10.0 Å². The van der Waals surface area contributed by atoms with Crippen molar-refractivity contribution in [1.29, 1.82) is 0 Å². The first-order valence-electron chi connectivity index (χ1n) is 6.48. The fourth-order valence-electron chi connectivity index (χ4n) is 1.71. The van der Waals surface area contributed by atoms with E-state index in [9.17, 15) is 8.42 Å². The summed E-state index contributed by atoms with van der Waals surface area (Å²) in [5.41, 5.74) is 5.96. The molecule has 0 aliphatic carbocycles. The Morgan fingerprint density at radius 2 is 2.05 bits per heavy atom. The lowest BCUT2D eigenvalue weighted by atomic mass is 10.2. The van der Waals surface area contributed by atoms with Crippen LogP contribution in [0.15, 0.2) is 23.1 Å². The Balaban J connectivity index is 2.66. The molecule has 0 aliphatic rings. The third-order valence-electron chi connectivity index (χ3n) is 2.84. The molecule has 1 aromatic rings. The third-order valence-corrected chi connectivity index (χ3v) is 4.83. The van der Waals surface area contributed by atoms with Crippen LogP contribution in [0, 0.1) is 0 Å². The van der Waals surface area contributed by atoms with E-state index in [0.29, 0.717) is 12.1 Å². The molecule has 0 amide bonds. The summed E-state index contributed by atoms with van der Waals surface area (Å²) in [5, 5.41) is 0.234. The van der Waals surface area contributed by atoms with Gasteiger partial charge in [0.15, 0.2) is 0 Å². The van der Waals surface area contributed by atoms with E-state index >= 15 is 0 Å². The fraction of sp³-hybridized carbons (Fsp3) is 0.462. The van der Waals surface area contributed by atoms with Gasteiger partial charge in [-0.05, 0) is 51.7 Å². The molecule has 0 aliphatic heterocycles. The van der Waals surface area contributed by atoms with Gasteiger partial charge in [-0.3, -0.25) is 0 Å². The molecule has 0 unspecified atom stereocenters. The van der Waals surface area contributed by atoms with E-state index in [0.717, 1.165) is 19.4 Å². The van der Waals surface area contributed by atoms with Gasteiger partial charge in [-0.2, -0.15) is 0 Å². The van der Waals surface area contributed by atoms with Crippen molar-refractivity contribution in [1.82, 2.24) is 9.62 Å². The number of thiocarbonyl (C=S) groups is 1. The van der Waals surface area contributed by atoms with Crippen LogP contribution < -0.4 is 10.5 Å². The summed E-state index contributed by atoms with van der Waals surface area (Å²) in [5.74, 6) is 0. The van der Waals surface area contributed by atoms with Crippen LogP contribution >= 0.6 is 23.8 Å². The summed E-state index contributed by atoms with van der Waals surface area (Å²) >= 11 is 10.8. The Kier molecular flexibility index (Phi) is 7.02. The molecule has 5 nitrogen and oxygen atoms in total. The zero-order valence-electron chi connectivity index (χ0n) is 12.1. The van der Waals surface area contributed by atoms with E-state index in [1.54, 1.807) is 0 Å². The maximum atomic E-state index is 12.1. The summed E-state index contributed by atoms with van der Waals surface area (Å²) in [6.07, 6.45) is 1.70. The number of nitrogens with two attached hydrogens (primary N) is 1. The molecular formula is C13H20ClN3O2S2. The molecule has 0 atom stereocenters. The lowest BCUT2D eigenvalue weighted by molar-refractivity contribution is 0.394. The molecule has 118 valence electrons. The highest BCUT2D eigenvalue weighted by atomic mass is 35.5. The van der Waals surface area contributed by atoms with E-state index in [1.165, 1.54) is 18.2 Å². The highest BCUT2D eigenvalue weighted by Crippen LogP contribution is 2.20. The molecule has 3 N–H and O–H groups in total. The molecule has 0 saturated heterocycles. The van der Waals surface area contributed by atoms with Crippen molar-refractivity contribution >= 4 is 38.8 Å². The van der Waals surface area contributed by atoms with Gasteiger partial charge in [0.1, 0.15) is 4.99 Å². The molecule has 0 aromatic heterocycles. The number of halogens is 1. The van der Waals surface area contributed by atoms with E-state index in [2.05, 4.69) is 9.62 Å². The SMILES string of the molecule is CN(C)CCCCNS(=O)(=O)c1ccc(C(N)=S)c(Cl)c1. The predicted octanol–water partition coefficient (Wildman–Crippen LogP) is 1.59. The van der Waals surface area contributed by atoms with E-state index < -0.39 is 10.0 Å². The maximum absolute atomic E-state index is 12.1. The highest BCUT2D eigenvalue weighted by Gasteiger charge is 2.15. The van der Waals surface area contributed by atoms with Gasteiger partial charge >= 0.3 is 0 Å². The lowest BCUT2D eigenvalue weighted by Gasteiger charge is -2.10. The number of rotatable bonds is 8. The van der Waals surface area contributed by atoms with Crippen molar-refractivity contribution < 1.29 is 8.42 Å². The molecule has 0 bridgehead atoms. The number of hydrogen-bond donors (Lipinski definition) is 2. The van der Waals surface area contributed by atoms with Gasteiger partial charge in [0.25, 0.3) is 0 Å². The summed E-state index contributed by atoms with van der Waals surface area (Å²) in [4.78, 5) is 2.31. The fourth-order valence-corrected chi connectivity index (χ4v) is 3.39. The largest absolute Gasteiger partial charge is 0.389 e. The molecule has 0 heterocycles. The summed E-state index contributed by atoms with van der Waals surface area (Å²) in [6, 6.07) is 4.33. The molecule has 0 radical (unpaired) electrons. The average Bonchev–Trinajstić information content (AvgIpc) is 2.37. The molecule has 0 spiro atoms. The monoisotopic (exact) mass is 349 g/mol. The maximum Gasteiger partial charge on any atom is 0.240 e. The van der Waals surface area contributed by atoms with Crippen molar-refractivity contribution in [3.8, 4) is 0 Å². The van der Waals surface area contributed by atoms with Gasteiger partial charge in [0, 0.05) is 12.1 Å². The topological polar surface area (TPSA) is 75.4 Å². The van der Waals surface area contributed by atoms with E-state index in [-0.39, 0.29) is 14.9 Å². The summed E-state index contributed by atoms with van der Waals surface area (Å²) in [7, 11) is 0.405. The number of nitrogens with one attached hydrogen (secondary N) is 1. The van der Waals surface area contributed by atoms with Crippen molar-refractivity contribution in [3.05, 3.63) is 28.8 Å². The molecule has 1 rings (SSSR count). The zero-order valence-corrected chi connectivity index (χ0v) is 14.5. The lowest BCUT2D eigenvalue weighted by Crippen LogP contribution is -2.25. The standard InChI is InChI=1S/C13H20ClN3O2S2/c1-17(2)8-4-3-7-16-21(18,19)10-5-6-11(13(15)20)12(14)9-10/h5-6,9,16H,3-4,7-8H2,1-2H3,(H2,15,20). The second-order valence-electron chi connectivity index (χ2n) is 4.91. The minimum absolute atomic E-state index is 0.111. The van der Waals surface area contributed by atoms with Crippen LogP contribution in [0.25, 0.3) is 0 Å². The Hall–Kier alpha value is -0.730. The van der Waals surface area contributed by atoms with Gasteiger partial charge in [-0.25, -0.2) is 13.1 Å². The van der Waals surface area contributed by atoms with Crippen LogP contribution in [0.1, 0.15) is 18.4 Å². The molecular weight excluding hydrogens is 330 g/mol. The molecule has 21 heavy (non-hydrogen) atoms. The Labute approximate surface area is 136 Å². The second-order valence-corrected chi connectivity index (χ2v) is 7.53. The van der Waals surface area contributed by atoms with Gasteiger partial charge in [-0.1, -0.05) is 23.8 Å². The van der Waals surface area contributed by atoms with Gasteiger partial charge in [-0.15, -0.1) is 0 Å². The Morgan fingerprint density at radius 1 is 1.38 bits per heavy atom. The number of benzene rings is 1. The van der Waals surface area contributed by atoms with Crippen LogP contribution in [-0.2, 0) is 10.0 Å². The summed E-state index contributed by atoms with van der Waals surface area (Å²) < 4.78 is 26.8. The molecule has 0 saturated carbocycles. The number of sulfonamides is 1. The van der Waals surface area contributed by atoms with Crippen LogP contribution in [0.5, 0.6) is 0 Å². The second kappa shape index (κ2) is 8.05. The molecule has 0 fully saturated rings. The predicted molar refractivity (Wildman–Crippen MR) is 90.3 cm³/mol. The van der Waals surface area contributed by atoms with Crippen LogP contribution in [-0.4, -0.2) is 45.5 Å². The first kappa shape index (κ1) is 18.3. The molecule has 1 aromatic carbocycles. The quantitative estimate of drug-likeness (QED) is 0.550. The first-order chi connectivity index (χ1) is 9.74. The van der Waals surface area contributed by atoms with Gasteiger partial charge < -0.3 is 10.6 Å². The zero-order chi connectivity index (χ0) is 16.0. The minimum atomic E-state index is -3.56. The van der Waals surface area contributed by atoms with E-state index in [4.69, 9.17) is 29.6 Å². The highest BCUT2D eigenvalue weighted by molar-refractivity contribution is 7.89. The Bertz CT molecular complexity index is 603. The van der Waals surface area contributed by atoms with E-state index in [1.807, 2.05) is 14.1 Å². The third kappa shape index (κ3) is 5.88. The number of hydrogen-bond acceptors (Lipinski definition) is 4. The Morgan fingerprint density at radius 3 is 2.57 bits per heavy atom. The van der Waals surface area contributed by atoms with Crippen molar-refractivity contribution in [2.24, 2.45) is 5.73 Å². The van der Waals surface area contributed by atoms with Crippen molar-refractivity contribution in [2.75, 3.05) is 27.2 Å². The number of nitrogens with zero attached hydrogens (tertiary/aromatic N) is 1. The van der Waals surface area contributed by atoms with Gasteiger partial charge in [0.05, 0.1) is 9.92 Å². The smallest absolute Gasteiger partial charge is 0.240 e. The summed E-state index contributed by atoms with van der Waals surface area (Å²) in [6.45, 7) is 1.32. The first-order valence-corrected chi connectivity index (χ1v) is 8.74. The average molecular weight is 350 g/mol. The number of unbranched alkanes of at least 4 members (excludes halogenated alkanes) is 1. The van der Waals surface area contributed by atoms with Crippen LogP contribution in [0.4, 0.5) is 0 Å². The van der Waals surface area contributed by atoms with Crippen molar-refractivity contribution in [3.63, 3.8) is 0 Å².